The number of likely N-dealkylation sites (tertiary alicyclic amines) is 2. The van der Waals surface area contributed by atoms with Crippen molar-refractivity contribution in [2.75, 3.05) is 63.1 Å². The SMILES string of the molecule is C=C(/C(F)=c1/nc(OCC2(CN3CCC4(CC3)CC(N3CCCCC3)C4)CC2)nc(N2CC3CCC(C2)N3)/c1=C/N)c1cc(N)cc(Cl)c1C(F)(F)F. The minimum atomic E-state index is -4.89. The lowest BCUT2D eigenvalue weighted by molar-refractivity contribution is -0.137. The maximum absolute atomic E-state index is 16.7. The van der Waals surface area contributed by atoms with E-state index in [2.05, 4.69) is 26.7 Å². The van der Waals surface area contributed by atoms with Crippen LogP contribution in [0.15, 0.2) is 18.7 Å². The van der Waals surface area contributed by atoms with Gasteiger partial charge in [0.05, 0.1) is 22.4 Å². The maximum Gasteiger partial charge on any atom is 0.418 e. The van der Waals surface area contributed by atoms with Gasteiger partial charge in [-0.25, -0.2) is 4.39 Å². The summed E-state index contributed by atoms with van der Waals surface area (Å²) in [6.07, 6.45) is 9.52. The molecule has 288 valence electrons. The molecule has 1 aromatic carbocycles. The summed E-state index contributed by atoms with van der Waals surface area (Å²) in [5.74, 6) is -0.715. The number of fused-ring (bicyclic) bond motifs is 2. The van der Waals surface area contributed by atoms with Crippen LogP contribution in [0.4, 0.5) is 29.1 Å². The van der Waals surface area contributed by atoms with Crippen molar-refractivity contribution in [3.63, 3.8) is 0 Å². The molecule has 9 nitrogen and oxygen atoms in total. The monoisotopic (exact) mass is 758 g/mol. The highest BCUT2D eigenvalue weighted by Crippen LogP contribution is 2.53. The Kier molecular flexibility index (Phi) is 9.85. The summed E-state index contributed by atoms with van der Waals surface area (Å²) in [6.45, 7) is 10.9. The molecule has 2 aromatic rings. The normalized spacial score (nSPS) is 26.8. The Labute approximate surface area is 313 Å². The van der Waals surface area contributed by atoms with Gasteiger partial charge in [-0.2, -0.15) is 23.1 Å². The molecule has 8 rings (SSSR count). The first kappa shape index (κ1) is 36.8. The highest BCUT2D eigenvalue weighted by atomic mass is 35.5. The number of nitrogens with one attached hydrogen (secondary N) is 1. The second-order valence-electron chi connectivity index (χ2n) is 16.7. The van der Waals surface area contributed by atoms with E-state index in [1.54, 1.807) is 0 Å². The van der Waals surface area contributed by atoms with Crippen LogP contribution in [-0.2, 0) is 6.18 Å². The van der Waals surface area contributed by atoms with E-state index in [0.717, 1.165) is 63.5 Å². The van der Waals surface area contributed by atoms with Gasteiger partial charge in [-0.15, -0.1) is 0 Å². The Hall–Kier alpha value is -3.13. The maximum atomic E-state index is 16.7. The zero-order valence-electron chi connectivity index (χ0n) is 30.3. The number of piperazine rings is 1. The summed E-state index contributed by atoms with van der Waals surface area (Å²) >= 11 is 6.01. The zero-order chi connectivity index (χ0) is 37.1. The molecule has 0 amide bonds. The van der Waals surface area contributed by atoms with Crippen LogP contribution in [0.2, 0.25) is 5.02 Å². The van der Waals surface area contributed by atoms with E-state index in [4.69, 9.17) is 32.8 Å². The van der Waals surface area contributed by atoms with Gasteiger partial charge in [-0.3, -0.25) is 0 Å². The number of nitrogens with two attached hydrogens (primary N) is 2. The number of aromatic nitrogens is 2. The van der Waals surface area contributed by atoms with E-state index >= 15 is 4.39 Å². The minimum Gasteiger partial charge on any atom is -0.463 e. The third-order valence-corrected chi connectivity index (χ3v) is 13.3. The highest BCUT2D eigenvalue weighted by Gasteiger charge is 2.50. The molecular formula is C39H51ClF4N8O. The van der Waals surface area contributed by atoms with Gasteiger partial charge < -0.3 is 36.2 Å². The standard InChI is InChI=1S/C39H51ClF4N8O/c1-24(29-15-25(46)16-31(40)32(29)39(42,43)44)33(41)34-30(19-45)35(52-20-26-5-6-27(21-52)47-26)49-36(48-34)53-23-38(7-8-38)22-50-13-9-37(10-14-50)17-28(18-37)51-11-3-2-4-12-51/h15-16,19,26-28,47H,1-14,17-18,20-23,45-46H2/b30-19+,34-33-. The Morgan fingerprint density at radius 3 is 2.32 bits per heavy atom. The van der Waals surface area contributed by atoms with Gasteiger partial charge in [0.1, 0.15) is 11.2 Å². The number of benzene rings is 1. The van der Waals surface area contributed by atoms with Crippen molar-refractivity contribution < 1.29 is 22.3 Å². The fraction of sp³-hybridized carbons (Fsp3) is 0.641. The molecule has 2 bridgehead atoms. The molecule has 5 N–H and O–H groups in total. The predicted octanol–water partition coefficient (Wildman–Crippen LogP) is 5.05. The fourth-order valence-electron chi connectivity index (χ4n) is 9.74. The Balaban J connectivity index is 1.03. The van der Waals surface area contributed by atoms with E-state index in [0.29, 0.717) is 30.9 Å². The van der Waals surface area contributed by atoms with Crippen molar-refractivity contribution in [2.24, 2.45) is 16.6 Å². The Bertz CT molecular complexity index is 1830. The molecule has 5 heterocycles. The first-order valence-electron chi connectivity index (χ1n) is 19.3. The quantitative estimate of drug-likeness (QED) is 0.239. The van der Waals surface area contributed by atoms with Crippen LogP contribution in [0.3, 0.4) is 0 Å². The van der Waals surface area contributed by atoms with E-state index in [-0.39, 0.29) is 39.8 Å². The molecule has 1 spiro atoms. The lowest BCUT2D eigenvalue weighted by Gasteiger charge is -2.56. The number of hydrogen-bond donors (Lipinski definition) is 3. The van der Waals surface area contributed by atoms with Gasteiger partial charge in [0.25, 0.3) is 0 Å². The molecular weight excluding hydrogens is 708 g/mol. The van der Waals surface area contributed by atoms with Crippen LogP contribution in [0, 0.1) is 10.8 Å². The lowest BCUT2D eigenvalue weighted by Crippen LogP contribution is -2.56. The molecule has 1 aromatic heterocycles. The van der Waals surface area contributed by atoms with E-state index in [9.17, 15) is 13.2 Å². The highest BCUT2D eigenvalue weighted by molar-refractivity contribution is 6.32. The van der Waals surface area contributed by atoms with Crippen molar-refractivity contribution in [3.05, 3.63) is 45.4 Å². The van der Waals surface area contributed by atoms with E-state index in [1.807, 2.05) is 4.90 Å². The van der Waals surface area contributed by atoms with Gasteiger partial charge in [-0.1, -0.05) is 24.6 Å². The molecule has 14 heteroatoms. The van der Waals surface area contributed by atoms with Gasteiger partial charge in [0, 0.05) is 60.6 Å². The summed E-state index contributed by atoms with van der Waals surface area (Å²) in [4.78, 5) is 16.6. The van der Waals surface area contributed by atoms with Crippen LogP contribution < -0.4 is 37.0 Å². The second-order valence-corrected chi connectivity index (χ2v) is 17.1. The van der Waals surface area contributed by atoms with Gasteiger partial charge in [0.2, 0.25) is 0 Å². The molecule has 4 aliphatic heterocycles. The number of alkyl halides is 3. The number of allylic oxidation sites excluding steroid dienone is 1. The number of anilines is 2. The lowest BCUT2D eigenvalue weighted by atomic mass is 9.59. The van der Waals surface area contributed by atoms with Crippen molar-refractivity contribution in [3.8, 4) is 6.01 Å². The smallest absolute Gasteiger partial charge is 0.418 e. The summed E-state index contributed by atoms with van der Waals surface area (Å²) in [7, 11) is 0. The molecule has 53 heavy (non-hydrogen) atoms. The zero-order valence-corrected chi connectivity index (χ0v) is 31.1. The number of halogens is 5. The third kappa shape index (κ3) is 7.47. The van der Waals surface area contributed by atoms with Gasteiger partial charge in [-0.05, 0) is 113 Å². The van der Waals surface area contributed by atoms with E-state index in [1.165, 1.54) is 64.2 Å². The summed E-state index contributed by atoms with van der Waals surface area (Å²) < 4.78 is 65.7. The molecule has 2 aliphatic carbocycles. The van der Waals surface area contributed by atoms with Gasteiger partial charge >= 0.3 is 12.2 Å². The van der Waals surface area contributed by atoms with Crippen molar-refractivity contribution in [1.82, 2.24) is 25.1 Å². The molecule has 4 saturated heterocycles. The molecule has 2 unspecified atom stereocenters. The molecule has 6 aliphatic rings. The summed E-state index contributed by atoms with van der Waals surface area (Å²) in [5.41, 5.74) is 10.0. The number of ether oxygens (including phenoxy) is 1. The topological polar surface area (TPSA) is 109 Å². The van der Waals surface area contributed by atoms with Crippen LogP contribution in [0.5, 0.6) is 6.01 Å². The fourth-order valence-corrected chi connectivity index (χ4v) is 10.1. The summed E-state index contributed by atoms with van der Waals surface area (Å²) in [6, 6.07) is 3.19. The number of piperidine rings is 2. The van der Waals surface area contributed by atoms with Gasteiger partial charge in [0.15, 0.2) is 5.83 Å². The number of rotatable bonds is 9. The van der Waals surface area contributed by atoms with Crippen LogP contribution >= 0.6 is 11.6 Å². The Morgan fingerprint density at radius 2 is 1.70 bits per heavy atom. The third-order valence-electron chi connectivity index (χ3n) is 13.0. The molecule has 0 radical (unpaired) electrons. The summed E-state index contributed by atoms with van der Waals surface area (Å²) in [5, 5.41) is 2.80. The first-order valence-corrected chi connectivity index (χ1v) is 19.7. The van der Waals surface area contributed by atoms with Crippen molar-refractivity contribution in [1.29, 1.82) is 0 Å². The second kappa shape index (κ2) is 14.2. The molecule has 6 fully saturated rings. The average Bonchev–Trinajstić information content (AvgIpc) is 3.81. The number of hydrogen-bond acceptors (Lipinski definition) is 9. The van der Waals surface area contributed by atoms with Crippen LogP contribution in [0.25, 0.3) is 17.6 Å². The predicted molar refractivity (Wildman–Crippen MR) is 200 cm³/mol. The molecule has 2 saturated carbocycles. The minimum absolute atomic E-state index is 0.0434. The van der Waals surface area contributed by atoms with Crippen molar-refractivity contribution >= 4 is 40.7 Å². The molecule has 2 atom stereocenters. The van der Waals surface area contributed by atoms with Crippen LogP contribution in [0.1, 0.15) is 81.8 Å². The first-order chi connectivity index (χ1) is 25.3. The van der Waals surface area contributed by atoms with Crippen molar-refractivity contribution in [2.45, 2.75) is 94.9 Å². The average molecular weight is 759 g/mol. The Morgan fingerprint density at radius 1 is 1.02 bits per heavy atom. The largest absolute Gasteiger partial charge is 0.463 e. The number of nitrogen functional groups attached to an aromatic ring is 1. The number of nitrogens with zero attached hydrogens (tertiary/aromatic N) is 5. The van der Waals surface area contributed by atoms with Crippen LogP contribution in [-0.4, -0.2) is 90.3 Å². The van der Waals surface area contributed by atoms with E-state index < -0.39 is 33.7 Å².